The summed E-state index contributed by atoms with van der Waals surface area (Å²) in [7, 11) is 1.89. The number of amides is 1. The normalized spacial score (nSPS) is 11.0. The number of fused-ring (bicyclic) bond motifs is 1. The van der Waals surface area contributed by atoms with Crippen molar-refractivity contribution in [3.63, 3.8) is 0 Å². The number of rotatable bonds is 3. The van der Waals surface area contributed by atoms with E-state index in [1.54, 1.807) is 4.68 Å². The highest BCUT2D eigenvalue weighted by Crippen LogP contribution is 2.28. The van der Waals surface area contributed by atoms with Crippen molar-refractivity contribution < 1.29 is 4.79 Å². The van der Waals surface area contributed by atoms with Gasteiger partial charge in [0, 0.05) is 36.3 Å². The van der Waals surface area contributed by atoms with Gasteiger partial charge < -0.3 is 5.32 Å². The molecule has 0 spiro atoms. The fourth-order valence-corrected chi connectivity index (χ4v) is 2.62. The molecule has 0 radical (unpaired) electrons. The Balaban J connectivity index is 2.14. The highest BCUT2D eigenvalue weighted by Gasteiger charge is 2.10. The van der Waals surface area contributed by atoms with Gasteiger partial charge >= 0.3 is 0 Å². The second kappa shape index (κ2) is 5.83. The number of hydrogen-bond acceptors (Lipinski definition) is 3. The van der Waals surface area contributed by atoms with E-state index >= 15 is 0 Å². The molecule has 5 nitrogen and oxygen atoms in total. The molecule has 0 bridgehead atoms. The maximum atomic E-state index is 11.7. The number of hydrogen-bond donors (Lipinski definition) is 1. The first-order valence-electron chi connectivity index (χ1n) is 7.69. The first-order valence-corrected chi connectivity index (χ1v) is 7.69. The summed E-state index contributed by atoms with van der Waals surface area (Å²) < 4.78 is 1.76. The molecule has 0 fully saturated rings. The van der Waals surface area contributed by atoms with Crippen LogP contribution >= 0.6 is 0 Å². The first kappa shape index (κ1) is 15.2. The molecule has 0 aliphatic carbocycles. The zero-order valence-corrected chi connectivity index (χ0v) is 13.8. The summed E-state index contributed by atoms with van der Waals surface area (Å²) in [5, 5.41) is 8.25. The minimum atomic E-state index is 0.00702. The molecule has 2 aromatic heterocycles. The molecular weight excluding hydrogens is 288 g/mol. The van der Waals surface area contributed by atoms with Crippen LogP contribution in [0.5, 0.6) is 0 Å². The van der Waals surface area contributed by atoms with E-state index in [9.17, 15) is 4.79 Å². The smallest absolute Gasteiger partial charge is 0.224 e. The van der Waals surface area contributed by atoms with Gasteiger partial charge in [0.05, 0.1) is 17.4 Å². The molecule has 118 valence electrons. The number of anilines is 1. The molecule has 0 unspecified atom stereocenters. The average Bonchev–Trinajstić information content (AvgIpc) is 2.95. The average molecular weight is 308 g/mol. The van der Waals surface area contributed by atoms with Gasteiger partial charge in [0.15, 0.2) is 0 Å². The first-order chi connectivity index (χ1) is 11.0. The summed E-state index contributed by atoms with van der Waals surface area (Å²) in [6.45, 7) is 5.92. The SMILES string of the molecule is CCC(=O)Nc1cc2nc(-c3cnn(C)c3)cc(C)c2cc1C. The van der Waals surface area contributed by atoms with Gasteiger partial charge in [-0.3, -0.25) is 9.48 Å². The summed E-state index contributed by atoms with van der Waals surface area (Å²) in [6.07, 6.45) is 4.21. The number of nitrogens with zero attached hydrogens (tertiary/aromatic N) is 3. The van der Waals surface area contributed by atoms with Gasteiger partial charge in [-0.05, 0) is 43.2 Å². The van der Waals surface area contributed by atoms with Crippen LogP contribution in [0.15, 0.2) is 30.6 Å². The molecule has 1 amide bonds. The Hall–Kier alpha value is -2.69. The number of carbonyl (C=O) groups excluding carboxylic acids is 1. The molecule has 0 aliphatic rings. The Morgan fingerprint density at radius 1 is 1.22 bits per heavy atom. The fraction of sp³-hybridized carbons (Fsp3) is 0.278. The lowest BCUT2D eigenvalue weighted by molar-refractivity contribution is -0.115. The van der Waals surface area contributed by atoms with Gasteiger partial charge in [0.2, 0.25) is 5.91 Å². The van der Waals surface area contributed by atoms with Crippen LogP contribution in [0.3, 0.4) is 0 Å². The standard InChI is InChI=1S/C18H20N4O/c1-5-18(23)21-15-8-17-14(6-12(15)3)11(2)7-16(20-17)13-9-19-22(4)10-13/h6-10H,5H2,1-4H3,(H,21,23). The zero-order valence-electron chi connectivity index (χ0n) is 13.8. The largest absolute Gasteiger partial charge is 0.326 e. The monoisotopic (exact) mass is 308 g/mol. The van der Waals surface area contributed by atoms with Gasteiger partial charge in [-0.1, -0.05) is 6.92 Å². The van der Waals surface area contributed by atoms with Gasteiger partial charge in [-0.2, -0.15) is 5.10 Å². The summed E-state index contributed by atoms with van der Waals surface area (Å²) in [4.78, 5) is 16.4. The van der Waals surface area contributed by atoms with E-state index in [0.29, 0.717) is 6.42 Å². The Kier molecular flexibility index (Phi) is 3.86. The van der Waals surface area contributed by atoms with Crippen LogP contribution in [0.4, 0.5) is 5.69 Å². The zero-order chi connectivity index (χ0) is 16.6. The number of aryl methyl sites for hydroxylation is 3. The lowest BCUT2D eigenvalue weighted by atomic mass is 10.0. The van der Waals surface area contributed by atoms with Gasteiger partial charge in [-0.25, -0.2) is 4.98 Å². The summed E-state index contributed by atoms with van der Waals surface area (Å²) >= 11 is 0. The van der Waals surface area contributed by atoms with E-state index in [4.69, 9.17) is 4.98 Å². The predicted molar refractivity (Wildman–Crippen MR) is 92.3 cm³/mol. The molecule has 5 heteroatoms. The van der Waals surface area contributed by atoms with Gasteiger partial charge in [-0.15, -0.1) is 0 Å². The van der Waals surface area contributed by atoms with Crippen LogP contribution in [0.2, 0.25) is 0 Å². The third kappa shape index (κ3) is 2.95. The number of pyridine rings is 1. The highest BCUT2D eigenvalue weighted by molar-refractivity contribution is 5.95. The Morgan fingerprint density at radius 2 is 2.00 bits per heavy atom. The Morgan fingerprint density at radius 3 is 2.65 bits per heavy atom. The second-order valence-corrected chi connectivity index (χ2v) is 5.81. The number of benzene rings is 1. The third-order valence-electron chi connectivity index (χ3n) is 3.96. The lowest BCUT2D eigenvalue weighted by Gasteiger charge is -2.11. The second-order valence-electron chi connectivity index (χ2n) is 5.81. The molecule has 0 saturated heterocycles. The van der Waals surface area contributed by atoms with Crippen molar-refractivity contribution in [1.29, 1.82) is 0 Å². The van der Waals surface area contributed by atoms with Crippen molar-refractivity contribution in [2.75, 3.05) is 5.32 Å². The molecule has 2 heterocycles. The minimum absolute atomic E-state index is 0.00702. The summed E-state index contributed by atoms with van der Waals surface area (Å²) in [6, 6.07) is 6.10. The van der Waals surface area contributed by atoms with Crippen molar-refractivity contribution in [3.05, 3.63) is 41.7 Å². The number of nitrogens with one attached hydrogen (secondary N) is 1. The minimum Gasteiger partial charge on any atom is -0.326 e. The van der Waals surface area contributed by atoms with Crippen LogP contribution in [0, 0.1) is 13.8 Å². The summed E-state index contributed by atoms with van der Waals surface area (Å²) in [5.74, 6) is 0.00702. The topological polar surface area (TPSA) is 59.8 Å². The highest BCUT2D eigenvalue weighted by atomic mass is 16.1. The lowest BCUT2D eigenvalue weighted by Crippen LogP contribution is -2.10. The van der Waals surface area contributed by atoms with Crippen LogP contribution < -0.4 is 5.32 Å². The molecule has 0 aliphatic heterocycles. The summed E-state index contributed by atoms with van der Waals surface area (Å²) in [5.41, 5.74) is 5.76. The fourth-order valence-electron chi connectivity index (χ4n) is 2.62. The van der Waals surface area contributed by atoms with E-state index in [1.807, 2.05) is 39.4 Å². The van der Waals surface area contributed by atoms with Gasteiger partial charge in [0.25, 0.3) is 0 Å². The molecule has 23 heavy (non-hydrogen) atoms. The molecule has 1 N–H and O–H groups in total. The Bertz CT molecular complexity index is 895. The van der Waals surface area contributed by atoms with E-state index in [-0.39, 0.29) is 5.91 Å². The number of carbonyl (C=O) groups is 1. The van der Waals surface area contributed by atoms with Crippen LogP contribution in [0.25, 0.3) is 22.2 Å². The quantitative estimate of drug-likeness (QED) is 0.804. The predicted octanol–water partition coefficient (Wildman–Crippen LogP) is 3.60. The Labute approximate surface area is 135 Å². The van der Waals surface area contributed by atoms with Crippen molar-refractivity contribution in [1.82, 2.24) is 14.8 Å². The van der Waals surface area contributed by atoms with Crippen molar-refractivity contribution in [2.45, 2.75) is 27.2 Å². The van der Waals surface area contributed by atoms with E-state index in [1.165, 1.54) is 0 Å². The molecule has 3 aromatic rings. The van der Waals surface area contributed by atoms with Crippen LogP contribution in [-0.2, 0) is 11.8 Å². The van der Waals surface area contributed by atoms with Crippen molar-refractivity contribution in [3.8, 4) is 11.3 Å². The van der Waals surface area contributed by atoms with Crippen LogP contribution in [0.1, 0.15) is 24.5 Å². The molecule has 1 aromatic carbocycles. The van der Waals surface area contributed by atoms with Crippen molar-refractivity contribution in [2.24, 2.45) is 7.05 Å². The molecular formula is C18H20N4O. The molecule has 0 saturated carbocycles. The molecule has 3 rings (SSSR count). The van der Waals surface area contributed by atoms with Crippen LogP contribution in [-0.4, -0.2) is 20.7 Å². The maximum absolute atomic E-state index is 11.7. The van der Waals surface area contributed by atoms with E-state index in [0.717, 1.165) is 39.0 Å². The van der Waals surface area contributed by atoms with Crippen molar-refractivity contribution >= 4 is 22.5 Å². The maximum Gasteiger partial charge on any atom is 0.224 e. The van der Waals surface area contributed by atoms with E-state index < -0.39 is 0 Å². The third-order valence-corrected chi connectivity index (χ3v) is 3.96. The molecule has 0 atom stereocenters. The number of aromatic nitrogens is 3. The van der Waals surface area contributed by atoms with E-state index in [2.05, 4.69) is 29.5 Å². The van der Waals surface area contributed by atoms with Gasteiger partial charge in [0.1, 0.15) is 0 Å².